The molecule has 0 radical (unpaired) electrons. The molecule has 2 aliphatic heterocycles. The number of hydrogen-bond donors (Lipinski definition) is 1. The van der Waals surface area contributed by atoms with Gasteiger partial charge in [-0.15, -0.1) is 0 Å². The average molecular weight is 459 g/mol. The molecule has 33 heavy (non-hydrogen) atoms. The van der Waals surface area contributed by atoms with E-state index in [4.69, 9.17) is 0 Å². The molecule has 6 nitrogen and oxygen atoms in total. The molecule has 1 amide bonds. The third-order valence-corrected chi connectivity index (χ3v) is 6.37. The molecule has 2 atom stereocenters. The van der Waals surface area contributed by atoms with Gasteiger partial charge in [0.2, 0.25) is 5.43 Å². The van der Waals surface area contributed by atoms with Crippen LogP contribution in [0.1, 0.15) is 46.4 Å². The lowest BCUT2D eigenvalue weighted by molar-refractivity contribution is 0.0565. The summed E-state index contributed by atoms with van der Waals surface area (Å²) in [7, 11) is 0. The number of carbonyl (C=O) groups excluding carboxylic acids is 1. The molecule has 0 aliphatic carbocycles. The Morgan fingerprint density at radius 2 is 1.55 bits per heavy atom. The fraction of sp³-hybridized carbons (Fsp3) is 0.261. The van der Waals surface area contributed by atoms with Crippen molar-refractivity contribution in [3.63, 3.8) is 0 Å². The Kier molecular flexibility index (Phi) is 4.95. The monoisotopic (exact) mass is 459 g/mol. The Bertz CT molecular complexity index is 1290. The van der Waals surface area contributed by atoms with E-state index in [0.29, 0.717) is 19.4 Å². The van der Waals surface area contributed by atoms with Crippen molar-refractivity contribution in [1.82, 2.24) is 14.7 Å². The van der Waals surface area contributed by atoms with Gasteiger partial charge < -0.3 is 10.0 Å². The van der Waals surface area contributed by atoms with Crippen LogP contribution in [0.15, 0.2) is 47.4 Å². The summed E-state index contributed by atoms with van der Waals surface area (Å²) in [4.78, 5) is 26.6. The van der Waals surface area contributed by atoms with Gasteiger partial charge in [-0.3, -0.25) is 14.3 Å². The highest BCUT2D eigenvalue weighted by molar-refractivity contribution is 5.96. The molecule has 2 aromatic carbocycles. The molecule has 1 N–H and O–H groups in total. The summed E-state index contributed by atoms with van der Waals surface area (Å²) in [5.41, 5.74) is -0.710. The highest BCUT2D eigenvalue weighted by Crippen LogP contribution is 2.46. The van der Waals surface area contributed by atoms with E-state index >= 15 is 0 Å². The van der Waals surface area contributed by atoms with Gasteiger partial charge in [-0.25, -0.2) is 17.6 Å². The van der Waals surface area contributed by atoms with Gasteiger partial charge in [0.25, 0.3) is 5.91 Å². The van der Waals surface area contributed by atoms with Crippen LogP contribution in [-0.2, 0) is 0 Å². The second-order valence-corrected chi connectivity index (χ2v) is 8.17. The van der Waals surface area contributed by atoms with E-state index in [1.165, 1.54) is 21.7 Å². The number of hydrogen-bond acceptors (Lipinski definition) is 4. The molecule has 3 aromatic rings. The zero-order valence-corrected chi connectivity index (χ0v) is 17.0. The van der Waals surface area contributed by atoms with Crippen LogP contribution in [0, 0.1) is 23.3 Å². The maximum absolute atomic E-state index is 14.2. The molecule has 0 spiro atoms. The number of halogens is 4. The minimum Gasteiger partial charge on any atom is -0.502 e. The Balaban J connectivity index is 1.80. The SMILES string of the molecule is O=C1c2c(O)c(=O)cnn2[C@@H](C(c2ccc(F)c(F)c2)c2ccc(F)c(F)c2)[C@H]2CCCN12. The molecular formula is C23H17F4N3O3. The van der Waals surface area contributed by atoms with Crippen LogP contribution in [0.4, 0.5) is 17.6 Å². The predicted octanol–water partition coefficient (Wildman–Crippen LogP) is 3.50. The van der Waals surface area contributed by atoms with Crippen molar-refractivity contribution >= 4 is 5.91 Å². The van der Waals surface area contributed by atoms with E-state index in [2.05, 4.69) is 5.10 Å². The zero-order chi connectivity index (χ0) is 23.4. The van der Waals surface area contributed by atoms with Crippen molar-refractivity contribution in [3.05, 3.63) is 92.9 Å². The molecule has 10 heteroatoms. The number of benzene rings is 2. The first-order valence-corrected chi connectivity index (χ1v) is 10.3. The van der Waals surface area contributed by atoms with Crippen molar-refractivity contribution in [2.75, 3.05) is 6.54 Å². The molecule has 1 fully saturated rings. The third kappa shape index (κ3) is 3.28. The van der Waals surface area contributed by atoms with Crippen molar-refractivity contribution in [1.29, 1.82) is 0 Å². The number of amides is 1. The molecule has 0 bridgehead atoms. The van der Waals surface area contributed by atoms with E-state index in [9.17, 15) is 32.3 Å². The van der Waals surface area contributed by atoms with E-state index in [1.807, 2.05) is 0 Å². The number of carbonyl (C=O) groups is 1. The Hall–Kier alpha value is -3.69. The number of rotatable bonds is 3. The molecule has 0 saturated carbocycles. The predicted molar refractivity (Wildman–Crippen MR) is 108 cm³/mol. The summed E-state index contributed by atoms with van der Waals surface area (Å²) in [5, 5.41) is 14.5. The van der Waals surface area contributed by atoms with Crippen molar-refractivity contribution in [3.8, 4) is 5.75 Å². The van der Waals surface area contributed by atoms with E-state index in [-0.39, 0.29) is 16.8 Å². The fourth-order valence-electron chi connectivity index (χ4n) is 4.94. The maximum Gasteiger partial charge on any atom is 0.276 e. The Labute approximate surface area is 184 Å². The molecule has 2 aliphatic rings. The van der Waals surface area contributed by atoms with Gasteiger partial charge in [0.15, 0.2) is 34.7 Å². The van der Waals surface area contributed by atoms with Gasteiger partial charge in [-0.05, 0) is 48.2 Å². The molecular weight excluding hydrogens is 442 g/mol. The van der Waals surface area contributed by atoms with Crippen LogP contribution in [0.2, 0.25) is 0 Å². The average Bonchev–Trinajstić information content (AvgIpc) is 3.28. The normalized spacial score (nSPS) is 19.7. The summed E-state index contributed by atoms with van der Waals surface area (Å²) in [6.07, 6.45) is 2.00. The van der Waals surface area contributed by atoms with Crippen LogP contribution in [-0.4, -0.2) is 38.3 Å². The second-order valence-electron chi connectivity index (χ2n) is 8.17. The summed E-state index contributed by atoms with van der Waals surface area (Å²) in [6.45, 7) is 0.352. The lowest BCUT2D eigenvalue weighted by Gasteiger charge is -2.42. The number of nitrogens with zero attached hydrogens (tertiary/aromatic N) is 3. The first-order chi connectivity index (χ1) is 15.8. The smallest absolute Gasteiger partial charge is 0.276 e. The third-order valence-electron chi connectivity index (χ3n) is 6.37. The molecule has 170 valence electrons. The van der Waals surface area contributed by atoms with Crippen molar-refractivity contribution < 1.29 is 27.5 Å². The number of aromatic hydroxyl groups is 1. The van der Waals surface area contributed by atoms with Gasteiger partial charge in [0, 0.05) is 12.5 Å². The topological polar surface area (TPSA) is 75.4 Å². The number of fused-ring (bicyclic) bond motifs is 2. The lowest BCUT2D eigenvalue weighted by atomic mass is 9.79. The van der Waals surface area contributed by atoms with Gasteiger partial charge >= 0.3 is 0 Å². The van der Waals surface area contributed by atoms with Gasteiger partial charge in [-0.2, -0.15) is 5.10 Å². The largest absolute Gasteiger partial charge is 0.502 e. The maximum atomic E-state index is 14.2. The summed E-state index contributed by atoms with van der Waals surface area (Å²) < 4.78 is 57.1. The minimum absolute atomic E-state index is 0.233. The fourth-order valence-corrected chi connectivity index (χ4v) is 4.94. The number of aromatic nitrogens is 2. The molecule has 5 rings (SSSR count). The summed E-state index contributed by atoms with van der Waals surface area (Å²) in [5.74, 6) is -6.70. The highest BCUT2D eigenvalue weighted by atomic mass is 19.2. The van der Waals surface area contributed by atoms with E-state index in [0.717, 1.165) is 30.5 Å². The molecule has 3 heterocycles. The zero-order valence-electron chi connectivity index (χ0n) is 17.0. The molecule has 0 unspecified atom stereocenters. The highest BCUT2D eigenvalue weighted by Gasteiger charge is 2.48. The quantitative estimate of drug-likeness (QED) is 0.609. The Morgan fingerprint density at radius 3 is 2.12 bits per heavy atom. The lowest BCUT2D eigenvalue weighted by Crippen LogP contribution is -2.50. The first-order valence-electron chi connectivity index (χ1n) is 10.3. The van der Waals surface area contributed by atoms with E-state index in [1.54, 1.807) is 0 Å². The molecule has 1 saturated heterocycles. The van der Waals surface area contributed by atoms with Crippen LogP contribution >= 0.6 is 0 Å². The van der Waals surface area contributed by atoms with Crippen LogP contribution < -0.4 is 5.43 Å². The first kappa shape index (κ1) is 21.2. The van der Waals surface area contributed by atoms with Gasteiger partial charge in [0.05, 0.1) is 18.3 Å². The van der Waals surface area contributed by atoms with Gasteiger partial charge in [0.1, 0.15) is 0 Å². The van der Waals surface area contributed by atoms with Crippen molar-refractivity contribution in [2.24, 2.45) is 0 Å². The minimum atomic E-state index is -1.13. The van der Waals surface area contributed by atoms with Gasteiger partial charge in [-0.1, -0.05) is 12.1 Å². The van der Waals surface area contributed by atoms with Crippen LogP contribution in [0.25, 0.3) is 0 Å². The summed E-state index contributed by atoms with van der Waals surface area (Å²) >= 11 is 0. The van der Waals surface area contributed by atoms with Crippen LogP contribution in [0.5, 0.6) is 5.75 Å². The molecule has 1 aromatic heterocycles. The Morgan fingerprint density at radius 1 is 0.939 bits per heavy atom. The van der Waals surface area contributed by atoms with Crippen molar-refractivity contribution in [2.45, 2.75) is 30.8 Å². The van der Waals surface area contributed by atoms with E-state index < -0.39 is 58.4 Å². The standard InChI is InChI=1S/C23H17F4N3O3/c24-13-5-3-11(8-15(13)26)19(12-4-6-14(25)16(27)9-12)20-17-2-1-7-29(17)23(33)21-22(32)18(31)10-28-30(20)21/h3-6,8-10,17,19-20,32H,1-2,7H2/t17-,20-/m1/s1. The van der Waals surface area contributed by atoms with Crippen LogP contribution in [0.3, 0.4) is 0 Å². The second kappa shape index (κ2) is 7.72. The summed E-state index contributed by atoms with van der Waals surface area (Å²) in [6, 6.07) is 5.10.